The van der Waals surface area contributed by atoms with Gasteiger partial charge in [0.1, 0.15) is 6.04 Å². The number of rotatable bonds is 9. The largest absolute Gasteiger partial charge is 0.480 e. The van der Waals surface area contributed by atoms with Crippen molar-refractivity contribution in [2.24, 2.45) is 11.8 Å². The van der Waals surface area contributed by atoms with Crippen LogP contribution in [0.15, 0.2) is 30.3 Å². The fourth-order valence-electron chi connectivity index (χ4n) is 2.27. The van der Waals surface area contributed by atoms with Gasteiger partial charge in [0.25, 0.3) is 0 Å². The number of carbonyl (C=O) groups excluding carboxylic acids is 1. The molecule has 0 saturated heterocycles. The summed E-state index contributed by atoms with van der Waals surface area (Å²) in [6, 6.07) is 9.10. The number of amides is 1. The molecule has 5 heteroatoms. The number of aryl methyl sites for hydroxylation is 1. The van der Waals surface area contributed by atoms with E-state index in [1.54, 1.807) is 0 Å². The maximum atomic E-state index is 12.3. The summed E-state index contributed by atoms with van der Waals surface area (Å²) in [7, 11) is 0. The van der Waals surface area contributed by atoms with E-state index >= 15 is 0 Å². The lowest BCUT2D eigenvalue weighted by molar-refractivity contribution is -0.142. The highest BCUT2D eigenvalue weighted by Gasteiger charge is 2.25. The molecule has 1 rings (SSSR count). The molecule has 0 bridgehead atoms. The third kappa shape index (κ3) is 6.52. The van der Waals surface area contributed by atoms with Crippen LogP contribution in [0.4, 0.5) is 0 Å². The van der Waals surface area contributed by atoms with Crippen molar-refractivity contribution in [3.63, 3.8) is 0 Å². The first-order chi connectivity index (χ1) is 10.4. The van der Waals surface area contributed by atoms with Gasteiger partial charge in [0, 0.05) is 11.7 Å². The Morgan fingerprint density at radius 3 is 2.36 bits per heavy atom. The van der Waals surface area contributed by atoms with E-state index in [2.05, 4.69) is 17.9 Å². The Hall–Kier alpha value is -1.49. The van der Waals surface area contributed by atoms with Crippen molar-refractivity contribution in [1.82, 2.24) is 5.32 Å². The number of hydrogen-bond donors (Lipinski definition) is 3. The minimum Gasteiger partial charge on any atom is -0.480 e. The molecule has 1 aromatic carbocycles. The maximum Gasteiger partial charge on any atom is 0.326 e. The van der Waals surface area contributed by atoms with Gasteiger partial charge >= 0.3 is 5.97 Å². The molecular weight excluding hydrogens is 298 g/mol. The Bertz CT molecular complexity index is 476. The third-order valence-corrected chi connectivity index (χ3v) is 3.98. The van der Waals surface area contributed by atoms with Gasteiger partial charge in [-0.2, -0.15) is 12.6 Å². The summed E-state index contributed by atoms with van der Waals surface area (Å²) in [6.07, 6.45) is 1.87. The maximum absolute atomic E-state index is 12.3. The molecule has 1 aromatic rings. The second-order valence-corrected chi connectivity index (χ2v) is 6.30. The van der Waals surface area contributed by atoms with E-state index in [9.17, 15) is 14.7 Å². The van der Waals surface area contributed by atoms with Gasteiger partial charge in [-0.25, -0.2) is 4.79 Å². The molecule has 4 nitrogen and oxygen atoms in total. The molecule has 0 radical (unpaired) electrons. The van der Waals surface area contributed by atoms with Gasteiger partial charge in [0.15, 0.2) is 0 Å². The molecule has 0 aliphatic rings. The summed E-state index contributed by atoms with van der Waals surface area (Å²) in [5.41, 5.74) is 1.17. The molecule has 0 saturated carbocycles. The number of benzene rings is 1. The predicted octanol–water partition coefficient (Wildman–Crippen LogP) is 2.78. The van der Waals surface area contributed by atoms with Crippen LogP contribution in [-0.2, 0) is 16.0 Å². The normalized spacial score (nSPS) is 13.6. The lowest BCUT2D eigenvalue weighted by Gasteiger charge is -2.20. The van der Waals surface area contributed by atoms with Crippen LogP contribution in [0.25, 0.3) is 0 Å². The Balaban J connectivity index is 2.57. The highest BCUT2D eigenvalue weighted by Crippen LogP contribution is 2.13. The summed E-state index contributed by atoms with van der Waals surface area (Å²) in [5, 5.41) is 11.8. The number of aliphatic carboxylic acids is 1. The highest BCUT2D eigenvalue weighted by atomic mass is 32.1. The SMILES string of the molecule is CC(C)C[C@H](NC(=O)C(CS)CCc1ccccc1)C(=O)O. The molecule has 122 valence electrons. The Kier molecular flexibility index (Phi) is 8.02. The predicted molar refractivity (Wildman–Crippen MR) is 91.1 cm³/mol. The topological polar surface area (TPSA) is 66.4 Å². The van der Waals surface area contributed by atoms with E-state index in [0.29, 0.717) is 18.6 Å². The van der Waals surface area contributed by atoms with Crippen LogP contribution in [0.5, 0.6) is 0 Å². The van der Waals surface area contributed by atoms with E-state index < -0.39 is 12.0 Å². The van der Waals surface area contributed by atoms with E-state index in [4.69, 9.17) is 0 Å². The lowest BCUT2D eigenvalue weighted by atomic mass is 9.98. The Morgan fingerprint density at radius 2 is 1.86 bits per heavy atom. The van der Waals surface area contributed by atoms with E-state index in [1.807, 2.05) is 44.2 Å². The number of carbonyl (C=O) groups is 2. The number of carboxylic acid groups (broad SMARTS) is 1. The molecule has 1 unspecified atom stereocenters. The molecular formula is C17H25NO3S. The van der Waals surface area contributed by atoms with Gasteiger partial charge in [-0.3, -0.25) is 4.79 Å². The fourth-order valence-corrected chi connectivity index (χ4v) is 2.62. The molecule has 1 amide bonds. The van der Waals surface area contributed by atoms with Crippen LogP contribution in [0.3, 0.4) is 0 Å². The Labute approximate surface area is 137 Å². The van der Waals surface area contributed by atoms with Crippen molar-refractivity contribution in [1.29, 1.82) is 0 Å². The molecule has 0 aliphatic heterocycles. The first kappa shape index (κ1) is 18.6. The third-order valence-electron chi connectivity index (χ3n) is 3.54. The lowest BCUT2D eigenvalue weighted by Crippen LogP contribution is -2.44. The second kappa shape index (κ2) is 9.51. The van der Waals surface area contributed by atoms with Gasteiger partial charge in [-0.15, -0.1) is 0 Å². The molecule has 0 spiro atoms. The van der Waals surface area contributed by atoms with Crippen molar-refractivity contribution in [2.45, 2.75) is 39.2 Å². The minimum atomic E-state index is -0.983. The Morgan fingerprint density at radius 1 is 1.23 bits per heavy atom. The molecule has 22 heavy (non-hydrogen) atoms. The zero-order valence-corrected chi connectivity index (χ0v) is 14.1. The van der Waals surface area contributed by atoms with Crippen LogP contribution in [-0.4, -0.2) is 28.8 Å². The first-order valence-corrected chi connectivity index (χ1v) is 8.25. The van der Waals surface area contributed by atoms with Crippen LogP contribution in [0, 0.1) is 11.8 Å². The summed E-state index contributed by atoms with van der Waals surface area (Å²) in [4.78, 5) is 23.5. The van der Waals surface area contributed by atoms with Gasteiger partial charge in [0.2, 0.25) is 5.91 Å². The van der Waals surface area contributed by atoms with E-state index in [0.717, 1.165) is 6.42 Å². The first-order valence-electron chi connectivity index (χ1n) is 7.62. The molecule has 0 aromatic heterocycles. The van der Waals surface area contributed by atoms with Gasteiger partial charge in [-0.1, -0.05) is 44.2 Å². The average Bonchev–Trinajstić information content (AvgIpc) is 2.47. The minimum absolute atomic E-state index is 0.208. The van der Waals surface area contributed by atoms with E-state index in [-0.39, 0.29) is 17.7 Å². The average molecular weight is 323 g/mol. The van der Waals surface area contributed by atoms with Crippen LogP contribution < -0.4 is 5.32 Å². The standard InChI is InChI=1S/C17H25NO3S/c1-12(2)10-15(17(20)21)18-16(19)14(11-22)9-8-13-6-4-3-5-7-13/h3-7,12,14-15,22H,8-11H2,1-2H3,(H,18,19)(H,20,21)/t14?,15-/m0/s1. The summed E-state index contributed by atoms with van der Waals surface area (Å²) < 4.78 is 0. The van der Waals surface area contributed by atoms with Gasteiger partial charge < -0.3 is 10.4 Å². The summed E-state index contributed by atoms with van der Waals surface area (Å²) in [6.45, 7) is 3.88. The van der Waals surface area contributed by atoms with Crippen molar-refractivity contribution in [3.05, 3.63) is 35.9 Å². The number of thiol groups is 1. The number of nitrogens with one attached hydrogen (secondary N) is 1. The highest BCUT2D eigenvalue weighted by molar-refractivity contribution is 7.80. The molecule has 0 heterocycles. The number of hydrogen-bond acceptors (Lipinski definition) is 3. The summed E-state index contributed by atoms with van der Waals surface area (Å²) in [5.74, 6) is -0.869. The van der Waals surface area contributed by atoms with E-state index in [1.165, 1.54) is 5.56 Å². The molecule has 2 atom stereocenters. The quantitative estimate of drug-likeness (QED) is 0.612. The zero-order valence-electron chi connectivity index (χ0n) is 13.2. The van der Waals surface area contributed by atoms with Crippen molar-refractivity contribution >= 4 is 24.5 Å². The monoisotopic (exact) mass is 323 g/mol. The van der Waals surface area contributed by atoms with Crippen molar-refractivity contribution in [3.8, 4) is 0 Å². The van der Waals surface area contributed by atoms with Crippen LogP contribution >= 0.6 is 12.6 Å². The molecule has 2 N–H and O–H groups in total. The molecule has 0 fully saturated rings. The summed E-state index contributed by atoms with van der Waals surface area (Å²) >= 11 is 4.24. The van der Waals surface area contributed by atoms with Crippen LogP contribution in [0.2, 0.25) is 0 Å². The fraction of sp³-hybridized carbons (Fsp3) is 0.529. The molecule has 0 aliphatic carbocycles. The zero-order chi connectivity index (χ0) is 16.5. The second-order valence-electron chi connectivity index (χ2n) is 5.93. The van der Waals surface area contributed by atoms with Gasteiger partial charge in [-0.05, 0) is 30.7 Å². The van der Waals surface area contributed by atoms with Crippen LogP contribution in [0.1, 0.15) is 32.3 Å². The van der Waals surface area contributed by atoms with Gasteiger partial charge in [0.05, 0.1) is 0 Å². The smallest absolute Gasteiger partial charge is 0.326 e. The van der Waals surface area contributed by atoms with Crippen molar-refractivity contribution in [2.75, 3.05) is 5.75 Å². The van der Waals surface area contributed by atoms with Crippen molar-refractivity contribution < 1.29 is 14.7 Å². The number of carboxylic acids is 1.